The fourth-order valence-electron chi connectivity index (χ4n) is 10.5. The minimum Gasteiger partial charge on any atom is -0.466 e. The highest BCUT2D eigenvalue weighted by Gasteiger charge is 2.20. The third-order valence-corrected chi connectivity index (χ3v) is 15.6. The van der Waals surface area contributed by atoms with Crippen molar-refractivity contribution >= 4 is 11.9 Å². The molecule has 0 rings (SSSR count). The Hall–Kier alpha value is -1.40. The number of ether oxygens (including phenoxy) is 1. The Balaban J connectivity index is 3.40. The van der Waals surface area contributed by atoms with Crippen molar-refractivity contribution in [2.75, 3.05) is 13.2 Å². The van der Waals surface area contributed by atoms with Gasteiger partial charge in [-0.1, -0.05) is 321 Å². The lowest BCUT2D eigenvalue weighted by Gasteiger charge is -2.22. The molecular weight excluding hydrogens is 887 g/mol. The lowest BCUT2D eigenvalue weighted by atomic mass is 10.0. The SMILES string of the molecule is CCCCCCCCCCCCCCCCCCCCCCC(O)C(CO)NC(=O)CCCCCCCCCC/C=C\CCCCCCCCCCCCCCOC(=O)CCCCCCCCCCCCC. The quantitative estimate of drug-likeness (QED) is 0.0320. The van der Waals surface area contributed by atoms with Crippen molar-refractivity contribution in [1.29, 1.82) is 0 Å². The monoisotopic (exact) mass is 1020 g/mol. The van der Waals surface area contributed by atoms with Gasteiger partial charge in [0.2, 0.25) is 5.91 Å². The highest BCUT2D eigenvalue weighted by atomic mass is 16.5. The summed E-state index contributed by atoms with van der Waals surface area (Å²) in [6, 6.07) is -0.545. The third kappa shape index (κ3) is 57.9. The second kappa shape index (κ2) is 62.1. The summed E-state index contributed by atoms with van der Waals surface area (Å²) in [4.78, 5) is 24.5. The predicted octanol–water partition coefficient (Wildman–Crippen LogP) is 20.8. The van der Waals surface area contributed by atoms with Crippen LogP contribution in [-0.2, 0) is 14.3 Å². The van der Waals surface area contributed by atoms with E-state index in [1.54, 1.807) is 0 Å². The fourth-order valence-corrected chi connectivity index (χ4v) is 10.5. The Morgan fingerprint density at radius 2 is 0.653 bits per heavy atom. The van der Waals surface area contributed by atoms with Crippen LogP contribution < -0.4 is 5.32 Å². The molecule has 0 saturated carbocycles. The average molecular weight is 1020 g/mol. The van der Waals surface area contributed by atoms with E-state index >= 15 is 0 Å². The molecule has 3 N–H and O–H groups in total. The Morgan fingerprint density at radius 1 is 0.375 bits per heavy atom. The van der Waals surface area contributed by atoms with E-state index in [9.17, 15) is 19.8 Å². The van der Waals surface area contributed by atoms with Crippen LogP contribution in [-0.4, -0.2) is 47.4 Å². The molecule has 0 saturated heterocycles. The number of carbonyl (C=O) groups excluding carboxylic acids is 2. The Labute approximate surface area is 450 Å². The maximum absolute atomic E-state index is 12.5. The number of carbonyl (C=O) groups is 2. The number of nitrogens with one attached hydrogen (secondary N) is 1. The second-order valence-electron chi connectivity index (χ2n) is 22.8. The Morgan fingerprint density at radius 3 is 0.986 bits per heavy atom. The molecule has 6 nitrogen and oxygen atoms in total. The summed E-state index contributed by atoms with van der Waals surface area (Å²) in [5.41, 5.74) is 0. The largest absolute Gasteiger partial charge is 0.466 e. The molecule has 0 aliphatic heterocycles. The van der Waals surface area contributed by atoms with Gasteiger partial charge in [-0.05, 0) is 51.4 Å². The van der Waals surface area contributed by atoms with Gasteiger partial charge in [0, 0.05) is 12.8 Å². The van der Waals surface area contributed by atoms with Gasteiger partial charge in [-0.2, -0.15) is 0 Å². The molecule has 0 bridgehead atoms. The summed E-state index contributed by atoms with van der Waals surface area (Å²) < 4.78 is 5.47. The first-order valence-electron chi connectivity index (χ1n) is 32.9. The predicted molar refractivity (Wildman–Crippen MR) is 315 cm³/mol. The Kier molecular flexibility index (Phi) is 60.9. The van der Waals surface area contributed by atoms with Crippen LogP contribution in [0.15, 0.2) is 12.2 Å². The first kappa shape index (κ1) is 70.6. The molecule has 0 heterocycles. The number of amides is 1. The normalized spacial score (nSPS) is 12.6. The molecule has 2 unspecified atom stereocenters. The Bertz CT molecular complexity index is 1080. The lowest BCUT2D eigenvalue weighted by Crippen LogP contribution is -2.45. The number of esters is 1. The molecule has 0 aliphatic carbocycles. The zero-order valence-corrected chi connectivity index (χ0v) is 48.9. The smallest absolute Gasteiger partial charge is 0.305 e. The number of hydrogen-bond donors (Lipinski definition) is 3. The van der Waals surface area contributed by atoms with E-state index in [0.717, 1.165) is 38.5 Å². The standard InChI is InChI=1S/C66H129NO5/c1-3-5-7-9-11-13-15-16-17-18-19-26-29-32-35-39-42-46-50-54-58-64(69)63(62-68)67-65(70)59-55-51-47-43-40-36-33-30-27-24-22-20-21-23-25-28-31-34-37-41-45-49-53-57-61-72-66(71)60-56-52-48-44-38-14-12-10-8-6-4-2/h22,24,63-64,68-69H,3-21,23,25-62H2,1-2H3,(H,67,70)/b24-22-. The summed E-state index contributed by atoms with van der Waals surface area (Å²) in [5, 5.41) is 23.4. The van der Waals surface area contributed by atoms with Gasteiger partial charge in [0.1, 0.15) is 0 Å². The van der Waals surface area contributed by atoms with Crippen LogP contribution in [0.2, 0.25) is 0 Å². The molecule has 0 radical (unpaired) electrons. The van der Waals surface area contributed by atoms with E-state index in [2.05, 4.69) is 31.3 Å². The van der Waals surface area contributed by atoms with Gasteiger partial charge in [0.25, 0.3) is 0 Å². The van der Waals surface area contributed by atoms with Crippen LogP contribution in [0.1, 0.15) is 373 Å². The van der Waals surface area contributed by atoms with E-state index in [1.807, 2.05) is 0 Å². The van der Waals surface area contributed by atoms with Gasteiger partial charge in [-0.25, -0.2) is 0 Å². The summed E-state index contributed by atoms with van der Waals surface area (Å²) in [6.45, 7) is 4.98. The first-order valence-corrected chi connectivity index (χ1v) is 32.9. The lowest BCUT2D eigenvalue weighted by molar-refractivity contribution is -0.143. The molecule has 6 heteroatoms. The fraction of sp³-hybridized carbons (Fsp3) is 0.939. The molecule has 0 spiro atoms. The van der Waals surface area contributed by atoms with E-state index in [1.165, 1.54) is 302 Å². The number of rotatable bonds is 62. The topological polar surface area (TPSA) is 95.9 Å². The third-order valence-electron chi connectivity index (χ3n) is 15.6. The van der Waals surface area contributed by atoms with Gasteiger partial charge < -0.3 is 20.3 Å². The molecule has 428 valence electrons. The number of hydrogen-bond acceptors (Lipinski definition) is 5. The van der Waals surface area contributed by atoms with E-state index in [-0.39, 0.29) is 18.5 Å². The van der Waals surface area contributed by atoms with Crippen LogP contribution in [0.3, 0.4) is 0 Å². The van der Waals surface area contributed by atoms with Crippen LogP contribution in [0.5, 0.6) is 0 Å². The average Bonchev–Trinajstić information content (AvgIpc) is 3.38. The molecule has 0 aromatic carbocycles. The summed E-state index contributed by atoms with van der Waals surface area (Å²) in [5.74, 6) is -0.0223. The van der Waals surface area contributed by atoms with Gasteiger partial charge >= 0.3 is 5.97 Å². The van der Waals surface area contributed by atoms with Gasteiger partial charge in [-0.15, -0.1) is 0 Å². The van der Waals surface area contributed by atoms with Gasteiger partial charge in [-0.3, -0.25) is 9.59 Å². The second-order valence-corrected chi connectivity index (χ2v) is 22.8. The number of aliphatic hydroxyl groups excluding tert-OH is 2. The summed E-state index contributed by atoms with van der Waals surface area (Å²) in [6.07, 6.45) is 75.2. The minimum absolute atomic E-state index is 0.0131. The van der Waals surface area contributed by atoms with Crippen molar-refractivity contribution in [3.63, 3.8) is 0 Å². The molecule has 0 aromatic heterocycles. The van der Waals surface area contributed by atoms with E-state index in [0.29, 0.717) is 25.9 Å². The minimum atomic E-state index is -0.667. The molecule has 2 atom stereocenters. The van der Waals surface area contributed by atoms with Crippen molar-refractivity contribution in [2.45, 2.75) is 386 Å². The zero-order chi connectivity index (χ0) is 52.2. The molecule has 0 aromatic rings. The first-order chi connectivity index (χ1) is 35.5. The van der Waals surface area contributed by atoms with Crippen LogP contribution >= 0.6 is 0 Å². The summed E-state index contributed by atoms with van der Waals surface area (Å²) >= 11 is 0. The number of allylic oxidation sites excluding steroid dienone is 2. The molecule has 0 aliphatic rings. The highest BCUT2D eigenvalue weighted by Crippen LogP contribution is 2.18. The molecule has 1 amide bonds. The van der Waals surface area contributed by atoms with Crippen LogP contribution in [0.25, 0.3) is 0 Å². The summed E-state index contributed by atoms with van der Waals surface area (Å²) in [7, 11) is 0. The van der Waals surface area contributed by atoms with Crippen molar-refractivity contribution < 1.29 is 24.5 Å². The van der Waals surface area contributed by atoms with Crippen molar-refractivity contribution in [3.8, 4) is 0 Å². The van der Waals surface area contributed by atoms with Crippen LogP contribution in [0.4, 0.5) is 0 Å². The van der Waals surface area contributed by atoms with Crippen molar-refractivity contribution in [3.05, 3.63) is 12.2 Å². The zero-order valence-electron chi connectivity index (χ0n) is 48.9. The van der Waals surface area contributed by atoms with E-state index in [4.69, 9.17) is 4.74 Å². The van der Waals surface area contributed by atoms with Crippen molar-refractivity contribution in [1.82, 2.24) is 5.32 Å². The van der Waals surface area contributed by atoms with E-state index < -0.39 is 12.1 Å². The maximum atomic E-state index is 12.5. The number of aliphatic hydroxyl groups is 2. The van der Waals surface area contributed by atoms with Gasteiger partial charge in [0.05, 0.1) is 25.4 Å². The number of unbranched alkanes of at least 4 members (excludes halogenated alkanes) is 49. The van der Waals surface area contributed by atoms with Crippen molar-refractivity contribution in [2.24, 2.45) is 0 Å². The van der Waals surface area contributed by atoms with Gasteiger partial charge in [0.15, 0.2) is 0 Å². The maximum Gasteiger partial charge on any atom is 0.305 e. The molecular formula is C66H129NO5. The highest BCUT2D eigenvalue weighted by molar-refractivity contribution is 5.76. The van der Waals surface area contributed by atoms with Crippen LogP contribution in [0, 0.1) is 0 Å². The molecule has 0 fully saturated rings. The molecule has 72 heavy (non-hydrogen) atoms.